The molecule has 20 heavy (non-hydrogen) atoms. The van der Waals surface area contributed by atoms with Gasteiger partial charge in [-0.3, -0.25) is 4.79 Å². The van der Waals surface area contributed by atoms with Gasteiger partial charge in [0, 0.05) is 25.4 Å². The van der Waals surface area contributed by atoms with E-state index in [0.717, 1.165) is 5.56 Å². The number of aryl methyl sites for hydroxylation is 1. The minimum atomic E-state index is -0.0628. The number of amides is 1. The van der Waals surface area contributed by atoms with Crippen LogP contribution in [0, 0.1) is 6.92 Å². The Morgan fingerprint density at radius 3 is 2.80 bits per heavy atom. The van der Waals surface area contributed by atoms with Gasteiger partial charge in [-0.05, 0) is 30.2 Å². The number of nitrogens with zero attached hydrogens (tertiary/aromatic N) is 2. The smallest absolute Gasteiger partial charge is 0.254 e. The molecule has 0 radical (unpaired) electrons. The van der Waals surface area contributed by atoms with Crippen LogP contribution in [0.2, 0.25) is 0 Å². The lowest BCUT2D eigenvalue weighted by molar-refractivity contribution is 0.0785. The molecule has 0 atom stereocenters. The molecule has 5 heteroatoms. The van der Waals surface area contributed by atoms with Gasteiger partial charge in [0.2, 0.25) is 0 Å². The molecule has 0 saturated carbocycles. The number of rotatable bonds is 4. The Kier molecular flexibility index (Phi) is 4.32. The summed E-state index contributed by atoms with van der Waals surface area (Å²) in [6, 6.07) is 11.3. The molecule has 0 aliphatic carbocycles. The molecule has 1 amide bonds. The number of hydrogen-bond donors (Lipinski definition) is 2. The molecular weight excluding hydrogens is 252 g/mol. The van der Waals surface area contributed by atoms with Gasteiger partial charge in [0.1, 0.15) is 5.82 Å². The minimum absolute atomic E-state index is 0.0628. The van der Waals surface area contributed by atoms with Crippen molar-refractivity contribution in [1.82, 2.24) is 9.88 Å². The summed E-state index contributed by atoms with van der Waals surface area (Å²) in [6.07, 6.45) is 1.56. The van der Waals surface area contributed by atoms with E-state index < -0.39 is 0 Å². The largest absolute Gasteiger partial charge is 0.337 e. The van der Waals surface area contributed by atoms with Crippen LogP contribution in [0.3, 0.4) is 0 Å². The van der Waals surface area contributed by atoms with E-state index in [1.165, 1.54) is 5.56 Å². The van der Waals surface area contributed by atoms with Crippen LogP contribution in [-0.2, 0) is 6.54 Å². The van der Waals surface area contributed by atoms with Gasteiger partial charge in [-0.15, -0.1) is 0 Å². The van der Waals surface area contributed by atoms with Crippen molar-refractivity contribution in [3.63, 3.8) is 0 Å². The van der Waals surface area contributed by atoms with Gasteiger partial charge in [0.25, 0.3) is 5.91 Å². The highest BCUT2D eigenvalue weighted by Gasteiger charge is 2.13. The van der Waals surface area contributed by atoms with Crippen LogP contribution in [0.5, 0.6) is 0 Å². The molecule has 1 aromatic carbocycles. The zero-order valence-corrected chi connectivity index (χ0v) is 11.6. The summed E-state index contributed by atoms with van der Waals surface area (Å²) in [6.45, 7) is 2.61. The fourth-order valence-electron chi connectivity index (χ4n) is 1.98. The summed E-state index contributed by atoms with van der Waals surface area (Å²) in [5, 5.41) is 0. The van der Waals surface area contributed by atoms with Gasteiger partial charge in [-0.2, -0.15) is 0 Å². The topological polar surface area (TPSA) is 71.2 Å². The molecule has 0 saturated heterocycles. The first kappa shape index (κ1) is 14.0. The maximum absolute atomic E-state index is 12.4. The zero-order chi connectivity index (χ0) is 14.5. The fourth-order valence-corrected chi connectivity index (χ4v) is 1.98. The van der Waals surface area contributed by atoms with Crippen molar-refractivity contribution in [1.29, 1.82) is 0 Å². The van der Waals surface area contributed by atoms with E-state index in [-0.39, 0.29) is 5.91 Å². The highest BCUT2D eigenvalue weighted by molar-refractivity contribution is 5.94. The van der Waals surface area contributed by atoms with Crippen molar-refractivity contribution in [2.45, 2.75) is 13.5 Å². The molecule has 0 aliphatic heterocycles. The number of aromatic nitrogens is 1. The molecule has 5 nitrogen and oxygen atoms in total. The number of nitrogens with two attached hydrogens (primary N) is 1. The van der Waals surface area contributed by atoms with Crippen molar-refractivity contribution in [3.8, 4) is 0 Å². The number of carbonyl (C=O) groups excluding carboxylic acids is 1. The minimum Gasteiger partial charge on any atom is -0.337 e. The van der Waals surface area contributed by atoms with E-state index in [9.17, 15) is 4.79 Å². The van der Waals surface area contributed by atoms with Gasteiger partial charge >= 0.3 is 0 Å². The van der Waals surface area contributed by atoms with Crippen LogP contribution in [0.1, 0.15) is 21.5 Å². The second kappa shape index (κ2) is 6.16. The lowest BCUT2D eigenvalue weighted by atomic mass is 10.1. The lowest BCUT2D eigenvalue weighted by Gasteiger charge is -2.18. The second-order valence-electron chi connectivity index (χ2n) is 4.66. The Labute approximate surface area is 118 Å². The quantitative estimate of drug-likeness (QED) is 0.658. The third kappa shape index (κ3) is 3.13. The number of hydrazine groups is 1. The molecule has 0 unspecified atom stereocenters. The monoisotopic (exact) mass is 270 g/mol. The fraction of sp³-hybridized carbons (Fsp3) is 0.200. The highest BCUT2D eigenvalue weighted by atomic mass is 16.2. The average Bonchev–Trinajstić information content (AvgIpc) is 2.48. The molecule has 0 aliphatic rings. The van der Waals surface area contributed by atoms with Crippen LogP contribution >= 0.6 is 0 Å². The maximum Gasteiger partial charge on any atom is 0.254 e. The van der Waals surface area contributed by atoms with E-state index in [1.807, 2.05) is 31.2 Å². The standard InChI is InChI=1S/C15H18N4O/c1-11-5-3-4-6-13(11)10-19(2)15(20)12-7-8-17-14(9-12)18-16/h3-9H,10,16H2,1-2H3,(H,17,18). The van der Waals surface area contributed by atoms with E-state index >= 15 is 0 Å². The van der Waals surface area contributed by atoms with Gasteiger partial charge in [0.15, 0.2) is 0 Å². The molecule has 0 spiro atoms. The predicted octanol–water partition coefficient (Wildman–Crippen LogP) is 1.95. The maximum atomic E-state index is 12.4. The predicted molar refractivity (Wildman–Crippen MR) is 79.0 cm³/mol. The lowest BCUT2D eigenvalue weighted by Crippen LogP contribution is -2.26. The Hall–Kier alpha value is -2.40. The molecule has 2 rings (SSSR count). The van der Waals surface area contributed by atoms with Gasteiger partial charge in [-0.25, -0.2) is 10.8 Å². The molecule has 1 aromatic heterocycles. The van der Waals surface area contributed by atoms with Crippen LogP contribution in [0.4, 0.5) is 5.82 Å². The normalized spacial score (nSPS) is 10.2. The number of benzene rings is 1. The van der Waals surface area contributed by atoms with Crippen LogP contribution in [0.15, 0.2) is 42.6 Å². The summed E-state index contributed by atoms with van der Waals surface area (Å²) in [5.74, 6) is 5.71. The van der Waals surface area contributed by atoms with Crippen molar-refractivity contribution in [2.75, 3.05) is 12.5 Å². The summed E-state index contributed by atoms with van der Waals surface area (Å²) in [7, 11) is 1.78. The first-order valence-electron chi connectivity index (χ1n) is 6.34. The van der Waals surface area contributed by atoms with E-state index in [2.05, 4.69) is 10.4 Å². The van der Waals surface area contributed by atoms with Gasteiger partial charge in [0.05, 0.1) is 0 Å². The summed E-state index contributed by atoms with van der Waals surface area (Å²) < 4.78 is 0. The number of carbonyl (C=O) groups is 1. The number of nitrogens with one attached hydrogen (secondary N) is 1. The molecular formula is C15H18N4O. The molecule has 0 bridgehead atoms. The van der Waals surface area contributed by atoms with E-state index in [4.69, 9.17) is 5.84 Å². The highest BCUT2D eigenvalue weighted by Crippen LogP contribution is 2.13. The number of anilines is 1. The van der Waals surface area contributed by atoms with Crippen LogP contribution < -0.4 is 11.3 Å². The Bertz CT molecular complexity index is 612. The van der Waals surface area contributed by atoms with Crippen molar-refractivity contribution < 1.29 is 4.79 Å². The zero-order valence-electron chi connectivity index (χ0n) is 11.6. The Morgan fingerprint density at radius 1 is 1.35 bits per heavy atom. The van der Waals surface area contributed by atoms with Gasteiger partial charge < -0.3 is 10.3 Å². The molecule has 1 heterocycles. The van der Waals surface area contributed by atoms with Crippen LogP contribution in [0.25, 0.3) is 0 Å². The summed E-state index contributed by atoms with van der Waals surface area (Å²) in [4.78, 5) is 18.0. The van der Waals surface area contributed by atoms with Gasteiger partial charge in [-0.1, -0.05) is 24.3 Å². The molecule has 104 valence electrons. The first-order chi connectivity index (χ1) is 9.61. The SMILES string of the molecule is Cc1ccccc1CN(C)C(=O)c1ccnc(NN)c1. The molecule has 2 aromatic rings. The molecule has 3 N–H and O–H groups in total. The number of pyridine rings is 1. The Morgan fingerprint density at radius 2 is 2.10 bits per heavy atom. The third-order valence-electron chi connectivity index (χ3n) is 3.17. The van der Waals surface area contributed by atoms with E-state index in [1.54, 1.807) is 30.3 Å². The first-order valence-corrected chi connectivity index (χ1v) is 6.34. The summed E-state index contributed by atoms with van der Waals surface area (Å²) in [5.41, 5.74) is 5.30. The Balaban J connectivity index is 2.14. The van der Waals surface area contributed by atoms with Crippen molar-refractivity contribution >= 4 is 11.7 Å². The van der Waals surface area contributed by atoms with Crippen molar-refractivity contribution in [2.24, 2.45) is 5.84 Å². The average molecular weight is 270 g/mol. The van der Waals surface area contributed by atoms with Crippen LogP contribution in [-0.4, -0.2) is 22.8 Å². The second-order valence-corrected chi connectivity index (χ2v) is 4.66. The van der Waals surface area contributed by atoms with Crippen molar-refractivity contribution in [3.05, 3.63) is 59.3 Å². The third-order valence-corrected chi connectivity index (χ3v) is 3.17. The van der Waals surface area contributed by atoms with E-state index in [0.29, 0.717) is 17.9 Å². The number of hydrogen-bond acceptors (Lipinski definition) is 4. The summed E-state index contributed by atoms with van der Waals surface area (Å²) >= 11 is 0. The number of nitrogen functional groups attached to an aromatic ring is 1. The molecule has 0 fully saturated rings.